The Balaban J connectivity index is 3.35. The van der Waals surface area contributed by atoms with Crippen molar-refractivity contribution in [1.82, 2.24) is 0 Å². The van der Waals surface area contributed by atoms with Crippen LogP contribution < -0.4 is 5.73 Å². The molecule has 0 aliphatic heterocycles. The summed E-state index contributed by atoms with van der Waals surface area (Å²) in [6.07, 6.45) is 0. The average molecular weight is 194 g/mol. The Morgan fingerprint density at radius 3 is 2.13 bits per heavy atom. The zero-order valence-electron chi connectivity index (χ0n) is 7.73. The summed E-state index contributed by atoms with van der Waals surface area (Å²) in [6.45, 7) is 6.92. The molecule has 0 saturated heterocycles. The Morgan fingerprint density at radius 1 is 1.20 bits per heavy atom. The molecule has 0 aliphatic carbocycles. The second kappa shape index (κ2) is 4.46. The van der Waals surface area contributed by atoms with Crippen LogP contribution in [0.1, 0.15) is 5.56 Å². The number of benzene rings is 1. The van der Waals surface area contributed by atoms with E-state index >= 15 is 0 Å². The number of nitrogens with two attached hydrogens (primary N) is 1. The smallest absolute Gasteiger partial charge is 0.222 e. The Hall–Kier alpha value is -2.77. The molecule has 0 fully saturated rings. The third kappa shape index (κ3) is 2.12. The van der Waals surface area contributed by atoms with Crippen molar-refractivity contribution in [3.05, 3.63) is 46.8 Å². The van der Waals surface area contributed by atoms with E-state index in [-0.39, 0.29) is 11.3 Å². The standard InChI is InChI=1S/C11H6N4/c1-15-11(9(6-12)7-13)8-2-4-10(14)5-3-8/h2-5H,14H2. The summed E-state index contributed by atoms with van der Waals surface area (Å²) in [4.78, 5) is 3.17. The van der Waals surface area contributed by atoms with Gasteiger partial charge in [-0.2, -0.15) is 10.5 Å². The van der Waals surface area contributed by atoms with Gasteiger partial charge in [-0.15, -0.1) is 0 Å². The average Bonchev–Trinajstić information content (AvgIpc) is 2.27. The minimum Gasteiger partial charge on any atom is -0.399 e. The molecule has 1 aromatic rings. The number of rotatable bonds is 1. The lowest BCUT2D eigenvalue weighted by Gasteiger charge is -1.99. The van der Waals surface area contributed by atoms with Crippen LogP contribution >= 0.6 is 0 Å². The highest BCUT2D eigenvalue weighted by Gasteiger charge is 2.08. The minimum absolute atomic E-state index is 0.0556. The van der Waals surface area contributed by atoms with E-state index in [0.29, 0.717) is 11.3 Å². The predicted octanol–water partition coefficient (Wildman–Crippen LogP) is 1.95. The first-order valence-corrected chi connectivity index (χ1v) is 4.00. The molecule has 4 heteroatoms. The lowest BCUT2D eigenvalue weighted by atomic mass is 10.1. The van der Waals surface area contributed by atoms with Crippen LogP contribution in [-0.2, 0) is 0 Å². The van der Waals surface area contributed by atoms with E-state index in [4.69, 9.17) is 22.8 Å². The molecule has 0 saturated carbocycles. The van der Waals surface area contributed by atoms with Crippen LogP contribution in [0, 0.1) is 29.2 Å². The molecule has 15 heavy (non-hydrogen) atoms. The molecule has 0 bridgehead atoms. The molecule has 0 aromatic heterocycles. The number of nitrogens with zero attached hydrogens (tertiary/aromatic N) is 3. The normalized spacial score (nSPS) is 8.07. The zero-order chi connectivity index (χ0) is 11.3. The minimum atomic E-state index is -0.185. The summed E-state index contributed by atoms with van der Waals surface area (Å²) in [7, 11) is 0. The fourth-order valence-corrected chi connectivity index (χ4v) is 1.04. The summed E-state index contributed by atoms with van der Waals surface area (Å²) < 4.78 is 0. The van der Waals surface area contributed by atoms with Gasteiger partial charge >= 0.3 is 0 Å². The van der Waals surface area contributed by atoms with Gasteiger partial charge in [-0.25, -0.2) is 4.85 Å². The number of hydrogen-bond donors (Lipinski definition) is 1. The number of allylic oxidation sites excluding steroid dienone is 1. The Morgan fingerprint density at radius 2 is 1.73 bits per heavy atom. The van der Waals surface area contributed by atoms with E-state index in [1.165, 1.54) is 0 Å². The van der Waals surface area contributed by atoms with E-state index in [0.717, 1.165) is 0 Å². The van der Waals surface area contributed by atoms with E-state index in [9.17, 15) is 0 Å². The summed E-state index contributed by atoms with van der Waals surface area (Å²) in [5, 5.41) is 17.3. The van der Waals surface area contributed by atoms with Gasteiger partial charge in [0, 0.05) is 5.69 Å². The molecule has 1 aromatic carbocycles. The van der Waals surface area contributed by atoms with Crippen LogP contribution in [-0.4, -0.2) is 0 Å². The van der Waals surface area contributed by atoms with Crippen molar-refractivity contribution in [3.8, 4) is 12.1 Å². The molecule has 0 atom stereocenters. The molecule has 0 radical (unpaired) electrons. The number of anilines is 1. The molecule has 4 nitrogen and oxygen atoms in total. The first-order chi connectivity index (χ1) is 7.22. The summed E-state index contributed by atoms with van der Waals surface area (Å²) in [6, 6.07) is 9.83. The predicted molar refractivity (Wildman–Crippen MR) is 55.6 cm³/mol. The van der Waals surface area contributed by atoms with E-state index in [2.05, 4.69) is 4.85 Å². The van der Waals surface area contributed by atoms with Gasteiger partial charge in [-0.05, 0) is 17.7 Å². The van der Waals surface area contributed by atoms with Gasteiger partial charge in [0.15, 0.2) is 0 Å². The van der Waals surface area contributed by atoms with Gasteiger partial charge < -0.3 is 5.73 Å². The summed E-state index contributed by atoms with van der Waals surface area (Å²) in [5.74, 6) is 0. The fraction of sp³-hybridized carbons (Fsp3) is 0. The highest BCUT2D eigenvalue weighted by atomic mass is 14.7. The van der Waals surface area contributed by atoms with Crippen LogP contribution in [0.3, 0.4) is 0 Å². The molecule has 1 rings (SSSR count). The van der Waals surface area contributed by atoms with Crippen molar-refractivity contribution in [2.75, 3.05) is 5.73 Å². The molecule has 70 valence electrons. The highest BCUT2D eigenvalue weighted by Crippen LogP contribution is 2.20. The molecule has 0 heterocycles. The third-order valence-corrected chi connectivity index (χ3v) is 1.76. The van der Waals surface area contributed by atoms with E-state index < -0.39 is 0 Å². The maximum absolute atomic E-state index is 8.65. The topological polar surface area (TPSA) is 78.0 Å². The fourth-order valence-electron chi connectivity index (χ4n) is 1.04. The van der Waals surface area contributed by atoms with Gasteiger partial charge in [-0.3, -0.25) is 0 Å². The van der Waals surface area contributed by atoms with Crippen molar-refractivity contribution < 1.29 is 0 Å². The molecule has 0 aliphatic rings. The Labute approximate surface area is 87.3 Å². The van der Waals surface area contributed by atoms with Gasteiger partial charge in [-0.1, -0.05) is 12.1 Å². The van der Waals surface area contributed by atoms with Crippen LogP contribution in [0.25, 0.3) is 10.5 Å². The van der Waals surface area contributed by atoms with Gasteiger partial charge in [0.25, 0.3) is 0 Å². The van der Waals surface area contributed by atoms with Gasteiger partial charge in [0.1, 0.15) is 5.57 Å². The molecular formula is C11H6N4. The van der Waals surface area contributed by atoms with E-state index in [1.54, 1.807) is 36.4 Å². The molecule has 2 N–H and O–H groups in total. The lowest BCUT2D eigenvalue weighted by Crippen LogP contribution is -1.87. The largest absolute Gasteiger partial charge is 0.399 e. The summed E-state index contributed by atoms with van der Waals surface area (Å²) >= 11 is 0. The quantitative estimate of drug-likeness (QED) is 0.421. The maximum Gasteiger partial charge on any atom is 0.222 e. The second-order valence-corrected chi connectivity index (χ2v) is 2.68. The van der Waals surface area contributed by atoms with Crippen LogP contribution in [0.2, 0.25) is 0 Å². The van der Waals surface area contributed by atoms with Gasteiger partial charge in [0.05, 0.1) is 18.7 Å². The van der Waals surface area contributed by atoms with Crippen molar-refractivity contribution in [1.29, 1.82) is 10.5 Å². The van der Waals surface area contributed by atoms with Crippen molar-refractivity contribution in [2.45, 2.75) is 0 Å². The van der Waals surface area contributed by atoms with Crippen molar-refractivity contribution in [3.63, 3.8) is 0 Å². The first kappa shape index (κ1) is 10.3. The van der Waals surface area contributed by atoms with Crippen molar-refractivity contribution in [2.24, 2.45) is 0 Å². The van der Waals surface area contributed by atoms with Crippen LogP contribution in [0.4, 0.5) is 5.69 Å². The molecule has 0 amide bonds. The molecular weight excluding hydrogens is 188 g/mol. The Kier molecular flexibility index (Phi) is 3.07. The monoisotopic (exact) mass is 194 g/mol. The molecule has 0 unspecified atom stereocenters. The first-order valence-electron chi connectivity index (χ1n) is 4.00. The highest BCUT2D eigenvalue weighted by molar-refractivity contribution is 5.79. The maximum atomic E-state index is 8.65. The van der Waals surface area contributed by atoms with Crippen LogP contribution in [0.5, 0.6) is 0 Å². The number of hydrogen-bond acceptors (Lipinski definition) is 3. The third-order valence-electron chi connectivity index (χ3n) is 1.76. The number of nitriles is 2. The number of nitrogen functional groups attached to an aromatic ring is 1. The van der Waals surface area contributed by atoms with Crippen LogP contribution in [0.15, 0.2) is 29.8 Å². The zero-order valence-corrected chi connectivity index (χ0v) is 7.73. The second-order valence-electron chi connectivity index (χ2n) is 2.68. The Bertz CT molecular complexity index is 502. The van der Waals surface area contributed by atoms with E-state index in [1.807, 2.05) is 0 Å². The van der Waals surface area contributed by atoms with Crippen molar-refractivity contribution >= 4 is 11.4 Å². The summed E-state index contributed by atoms with van der Waals surface area (Å²) in [5.41, 5.74) is 6.45. The SMILES string of the molecule is [C-]#[N+]C(=C(C#N)C#N)c1ccc(N)cc1. The molecule has 0 spiro atoms. The lowest BCUT2D eigenvalue weighted by molar-refractivity contribution is 1.46. The van der Waals surface area contributed by atoms with Gasteiger partial charge in [0.2, 0.25) is 5.70 Å².